The number of hydrogen-bond donors (Lipinski definition) is 3. The molecular formula is C23H30N4O6. The van der Waals surface area contributed by atoms with Gasteiger partial charge in [0, 0.05) is 50.2 Å². The number of carboxylic acids is 1. The molecule has 3 fully saturated rings. The van der Waals surface area contributed by atoms with E-state index in [0.29, 0.717) is 25.1 Å². The van der Waals surface area contributed by atoms with Crippen molar-refractivity contribution in [2.24, 2.45) is 5.41 Å². The lowest BCUT2D eigenvalue weighted by atomic mass is 9.72. The van der Waals surface area contributed by atoms with Crippen molar-refractivity contribution in [3.63, 3.8) is 0 Å². The van der Waals surface area contributed by atoms with Gasteiger partial charge in [0.1, 0.15) is 5.60 Å². The van der Waals surface area contributed by atoms with Gasteiger partial charge < -0.3 is 25.0 Å². The van der Waals surface area contributed by atoms with E-state index < -0.39 is 17.6 Å². The summed E-state index contributed by atoms with van der Waals surface area (Å²) in [4.78, 5) is 51.1. The Hall–Kier alpha value is -3.14. The third kappa shape index (κ3) is 4.95. The fraction of sp³-hybridized carbons (Fsp3) is 0.565. The van der Waals surface area contributed by atoms with Crippen molar-refractivity contribution in [1.29, 1.82) is 0 Å². The first-order chi connectivity index (χ1) is 15.4. The Morgan fingerprint density at radius 3 is 2.52 bits per heavy atom. The normalized spacial score (nSPS) is 21.8. The number of imide groups is 1. The Balaban J connectivity index is 1.36. The summed E-state index contributed by atoms with van der Waals surface area (Å²) in [6.07, 6.45) is 0.347. The van der Waals surface area contributed by atoms with Gasteiger partial charge in [-0.1, -0.05) is 0 Å². The van der Waals surface area contributed by atoms with Crippen LogP contribution in [0.1, 0.15) is 49.5 Å². The quantitative estimate of drug-likeness (QED) is 0.564. The van der Waals surface area contributed by atoms with Gasteiger partial charge in [-0.3, -0.25) is 14.9 Å². The van der Waals surface area contributed by atoms with Crippen molar-refractivity contribution in [3.8, 4) is 0 Å². The molecule has 3 aliphatic heterocycles. The van der Waals surface area contributed by atoms with Gasteiger partial charge in [-0.05, 0) is 51.0 Å². The minimum atomic E-state index is -1.03. The molecule has 3 aliphatic rings. The Morgan fingerprint density at radius 1 is 1.21 bits per heavy atom. The topological polar surface area (TPSA) is 128 Å². The molecule has 3 N–H and O–H groups in total. The molecule has 10 heteroatoms. The number of likely N-dealkylation sites (tertiary alicyclic amines) is 1. The highest BCUT2D eigenvalue weighted by molar-refractivity contribution is 6.00. The number of rotatable bonds is 5. The summed E-state index contributed by atoms with van der Waals surface area (Å²) in [6.45, 7) is 8.59. The van der Waals surface area contributed by atoms with Crippen LogP contribution in [-0.4, -0.2) is 71.7 Å². The summed E-state index contributed by atoms with van der Waals surface area (Å²) in [5.41, 5.74) is 1.19. The second kappa shape index (κ2) is 8.33. The molecule has 0 radical (unpaired) electrons. The van der Waals surface area contributed by atoms with E-state index in [1.165, 1.54) is 0 Å². The van der Waals surface area contributed by atoms with Crippen molar-refractivity contribution in [1.82, 2.24) is 15.5 Å². The maximum atomic E-state index is 12.2. The molecular weight excluding hydrogens is 428 g/mol. The van der Waals surface area contributed by atoms with Crippen LogP contribution in [0.2, 0.25) is 0 Å². The van der Waals surface area contributed by atoms with Gasteiger partial charge in [0.25, 0.3) is 0 Å². The molecule has 178 valence electrons. The van der Waals surface area contributed by atoms with Gasteiger partial charge in [0.15, 0.2) is 0 Å². The van der Waals surface area contributed by atoms with E-state index in [1.54, 1.807) is 17.0 Å². The molecule has 3 saturated heterocycles. The number of piperidine rings is 1. The minimum Gasteiger partial charge on any atom is -0.478 e. The maximum absolute atomic E-state index is 12.2. The number of nitrogens with zero attached hydrogens (tertiary/aromatic N) is 2. The summed E-state index contributed by atoms with van der Waals surface area (Å²) in [7, 11) is 0. The molecule has 10 nitrogen and oxygen atoms in total. The van der Waals surface area contributed by atoms with Crippen molar-refractivity contribution in [2.45, 2.75) is 51.8 Å². The van der Waals surface area contributed by atoms with Crippen molar-refractivity contribution < 1.29 is 29.0 Å². The molecule has 1 spiro atoms. The molecule has 0 bridgehead atoms. The Bertz CT molecular complexity index is 987. The fourth-order valence-corrected chi connectivity index (χ4v) is 4.62. The molecule has 1 aromatic carbocycles. The highest BCUT2D eigenvalue weighted by Gasteiger charge is 2.54. The molecule has 0 saturated carbocycles. The molecule has 1 aromatic rings. The van der Waals surface area contributed by atoms with Gasteiger partial charge in [-0.2, -0.15) is 0 Å². The van der Waals surface area contributed by atoms with Crippen molar-refractivity contribution in [2.75, 3.05) is 31.1 Å². The Morgan fingerprint density at radius 2 is 1.91 bits per heavy atom. The first-order valence-electron chi connectivity index (χ1n) is 11.1. The van der Waals surface area contributed by atoms with Crippen LogP contribution in [0.4, 0.5) is 10.5 Å². The van der Waals surface area contributed by atoms with E-state index >= 15 is 0 Å². The second-order valence-corrected chi connectivity index (χ2v) is 10.2. The molecule has 1 unspecified atom stereocenters. The van der Waals surface area contributed by atoms with Crippen LogP contribution < -0.4 is 15.5 Å². The number of amides is 3. The number of nitrogens with one attached hydrogen (secondary N) is 2. The third-order valence-corrected chi connectivity index (χ3v) is 6.22. The SMILES string of the molecule is CC(C)(C)OC(=O)N1CC2(C1)CN(c1ccc(C(=O)O)c(CNC3CCC(=O)NC3=O)c1)C2. The van der Waals surface area contributed by atoms with Gasteiger partial charge in [0.05, 0.1) is 11.6 Å². The zero-order valence-electron chi connectivity index (χ0n) is 19.1. The van der Waals surface area contributed by atoms with Crippen LogP contribution in [0.3, 0.4) is 0 Å². The van der Waals surface area contributed by atoms with E-state index in [0.717, 1.165) is 18.8 Å². The molecule has 3 heterocycles. The van der Waals surface area contributed by atoms with Gasteiger partial charge in [0.2, 0.25) is 11.8 Å². The van der Waals surface area contributed by atoms with Crippen LogP contribution >= 0.6 is 0 Å². The van der Waals surface area contributed by atoms with Gasteiger partial charge >= 0.3 is 12.1 Å². The number of aromatic carboxylic acids is 1. The zero-order chi connectivity index (χ0) is 24.0. The molecule has 3 amide bonds. The summed E-state index contributed by atoms with van der Waals surface area (Å²) in [5, 5.41) is 14.9. The summed E-state index contributed by atoms with van der Waals surface area (Å²) < 4.78 is 5.42. The Labute approximate surface area is 192 Å². The molecule has 4 rings (SSSR count). The molecule has 1 atom stereocenters. The Kier molecular flexibility index (Phi) is 5.81. The highest BCUT2D eigenvalue weighted by Crippen LogP contribution is 2.42. The van der Waals surface area contributed by atoms with Crippen LogP contribution in [0.25, 0.3) is 0 Å². The zero-order valence-corrected chi connectivity index (χ0v) is 19.1. The molecule has 33 heavy (non-hydrogen) atoms. The summed E-state index contributed by atoms with van der Waals surface area (Å²) in [6, 6.07) is 4.67. The first kappa shape index (κ1) is 23.0. The van der Waals surface area contributed by atoms with E-state index in [2.05, 4.69) is 15.5 Å². The number of carbonyl (C=O) groups excluding carboxylic acids is 3. The van der Waals surface area contributed by atoms with E-state index in [1.807, 2.05) is 26.8 Å². The largest absolute Gasteiger partial charge is 0.478 e. The second-order valence-electron chi connectivity index (χ2n) is 10.2. The number of benzene rings is 1. The lowest BCUT2D eigenvalue weighted by molar-refractivity contribution is -0.134. The lowest BCUT2D eigenvalue weighted by Gasteiger charge is -2.60. The number of carbonyl (C=O) groups is 4. The van der Waals surface area contributed by atoms with Crippen molar-refractivity contribution >= 4 is 29.6 Å². The summed E-state index contributed by atoms with van der Waals surface area (Å²) >= 11 is 0. The van der Waals surface area contributed by atoms with Gasteiger partial charge in [-0.25, -0.2) is 9.59 Å². The number of carboxylic acid groups (broad SMARTS) is 1. The fourth-order valence-electron chi connectivity index (χ4n) is 4.62. The number of hydrogen-bond acceptors (Lipinski definition) is 7. The monoisotopic (exact) mass is 458 g/mol. The smallest absolute Gasteiger partial charge is 0.410 e. The van der Waals surface area contributed by atoms with Crippen LogP contribution in [-0.2, 0) is 20.9 Å². The average molecular weight is 459 g/mol. The standard InChI is InChI=1S/C23H30N4O6/c1-22(2,3)33-21(32)27-12-23(13-27)10-26(11-23)15-4-5-16(20(30)31)14(8-15)9-24-17-6-7-18(28)25-19(17)29/h4-5,8,17,24H,6-7,9-13H2,1-3H3,(H,30,31)(H,25,28,29). The lowest BCUT2D eigenvalue weighted by Crippen LogP contribution is -2.73. The van der Waals surface area contributed by atoms with Gasteiger partial charge in [-0.15, -0.1) is 0 Å². The molecule has 0 aromatic heterocycles. The van der Waals surface area contributed by atoms with Crippen molar-refractivity contribution in [3.05, 3.63) is 29.3 Å². The predicted molar refractivity (Wildman–Crippen MR) is 119 cm³/mol. The van der Waals surface area contributed by atoms with E-state index in [-0.39, 0.29) is 41.9 Å². The minimum absolute atomic E-state index is 0.0491. The van der Waals surface area contributed by atoms with Crippen LogP contribution in [0.15, 0.2) is 18.2 Å². The van der Waals surface area contributed by atoms with Crippen LogP contribution in [0, 0.1) is 5.41 Å². The van der Waals surface area contributed by atoms with E-state index in [9.17, 15) is 24.3 Å². The third-order valence-electron chi connectivity index (χ3n) is 6.22. The maximum Gasteiger partial charge on any atom is 0.410 e. The number of anilines is 1. The van der Waals surface area contributed by atoms with E-state index in [4.69, 9.17) is 4.74 Å². The predicted octanol–water partition coefficient (Wildman–Crippen LogP) is 1.34. The first-order valence-corrected chi connectivity index (χ1v) is 11.1. The van der Waals surface area contributed by atoms with Crippen LogP contribution in [0.5, 0.6) is 0 Å². The summed E-state index contributed by atoms with van der Waals surface area (Å²) in [5.74, 6) is -1.71. The molecule has 0 aliphatic carbocycles. The average Bonchev–Trinajstić information content (AvgIpc) is 2.63. The number of ether oxygens (including phenoxy) is 1. The highest BCUT2D eigenvalue weighted by atomic mass is 16.6.